The van der Waals surface area contributed by atoms with Gasteiger partial charge in [0.15, 0.2) is 0 Å². The molecular formula is C8H11N3O3. The molecule has 6 heteroatoms. The number of hydrogen-bond donors (Lipinski definition) is 1. The van der Waals surface area contributed by atoms with E-state index in [1.165, 1.54) is 6.08 Å². The highest BCUT2D eigenvalue weighted by Crippen LogP contribution is 2.01. The second-order valence-electron chi connectivity index (χ2n) is 2.85. The van der Waals surface area contributed by atoms with Gasteiger partial charge in [-0.1, -0.05) is 0 Å². The predicted molar refractivity (Wildman–Crippen MR) is 47.3 cm³/mol. The minimum Gasteiger partial charge on any atom is -0.338 e. The van der Waals surface area contributed by atoms with E-state index in [1.54, 1.807) is 0 Å². The highest BCUT2D eigenvalue weighted by Gasteiger charge is 2.23. The molecule has 0 unspecified atom stereocenters. The summed E-state index contributed by atoms with van der Waals surface area (Å²) in [5.74, 6) is -0.304. The van der Waals surface area contributed by atoms with Crippen molar-refractivity contribution in [2.45, 2.75) is 12.8 Å². The van der Waals surface area contributed by atoms with Crippen LogP contribution in [0.2, 0.25) is 0 Å². The first-order valence-electron chi connectivity index (χ1n) is 4.37. The van der Waals surface area contributed by atoms with Crippen LogP contribution in [0.1, 0.15) is 12.8 Å². The van der Waals surface area contributed by atoms with Crippen LogP contribution in [0.3, 0.4) is 0 Å². The Bertz CT molecular complexity index is 284. The zero-order valence-electron chi connectivity index (χ0n) is 7.65. The quantitative estimate of drug-likeness (QED) is 0.496. The average molecular weight is 197 g/mol. The maximum Gasteiger partial charge on any atom is 0.324 e. The van der Waals surface area contributed by atoms with Gasteiger partial charge in [0.05, 0.1) is 6.54 Å². The first-order valence-corrected chi connectivity index (χ1v) is 4.37. The van der Waals surface area contributed by atoms with E-state index >= 15 is 0 Å². The lowest BCUT2D eigenvalue weighted by Gasteiger charge is -2.25. The Balaban J connectivity index is 2.42. The minimum absolute atomic E-state index is 0.0721. The molecule has 0 saturated carbocycles. The summed E-state index contributed by atoms with van der Waals surface area (Å²) in [6.07, 6.45) is 2.17. The van der Waals surface area contributed by atoms with Gasteiger partial charge in [-0.25, -0.2) is 14.6 Å². The smallest absolute Gasteiger partial charge is 0.324 e. The number of rotatable bonds is 3. The molecule has 0 bridgehead atoms. The Kier molecular flexibility index (Phi) is 3.82. The van der Waals surface area contributed by atoms with Crippen molar-refractivity contribution in [2.24, 2.45) is 4.99 Å². The fraction of sp³-hybridized carbons (Fsp3) is 0.625. The van der Waals surface area contributed by atoms with Crippen molar-refractivity contribution >= 4 is 18.0 Å². The zero-order chi connectivity index (χ0) is 10.4. The van der Waals surface area contributed by atoms with E-state index in [4.69, 9.17) is 0 Å². The number of carbonyl (C=O) groups is 2. The Morgan fingerprint density at radius 2 is 2.43 bits per heavy atom. The van der Waals surface area contributed by atoms with Crippen LogP contribution in [0.15, 0.2) is 4.99 Å². The Labute approximate surface area is 81.0 Å². The maximum atomic E-state index is 11.4. The molecule has 6 nitrogen and oxygen atoms in total. The van der Waals surface area contributed by atoms with Gasteiger partial charge in [-0.3, -0.25) is 9.69 Å². The molecule has 1 aliphatic rings. The summed E-state index contributed by atoms with van der Waals surface area (Å²) in [5.41, 5.74) is 0. The van der Waals surface area contributed by atoms with Gasteiger partial charge in [0.1, 0.15) is 0 Å². The summed E-state index contributed by atoms with van der Waals surface area (Å²) < 4.78 is 0. The van der Waals surface area contributed by atoms with E-state index in [2.05, 4.69) is 10.3 Å². The second-order valence-corrected chi connectivity index (χ2v) is 2.85. The molecule has 1 N–H and O–H groups in total. The van der Waals surface area contributed by atoms with E-state index in [0.29, 0.717) is 13.1 Å². The molecular weight excluding hydrogens is 186 g/mol. The van der Waals surface area contributed by atoms with Crippen molar-refractivity contribution in [3.8, 4) is 0 Å². The molecule has 0 aromatic heterocycles. The zero-order valence-corrected chi connectivity index (χ0v) is 7.65. The van der Waals surface area contributed by atoms with Gasteiger partial charge < -0.3 is 5.32 Å². The third-order valence-corrected chi connectivity index (χ3v) is 1.88. The fourth-order valence-electron chi connectivity index (χ4n) is 1.20. The highest BCUT2D eigenvalue weighted by molar-refractivity contribution is 5.94. The Morgan fingerprint density at radius 1 is 1.64 bits per heavy atom. The highest BCUT2D eigenvalue weighted by atomic mass is 16.2. The van der Waals surface area contributed by atoms with E-state index in [-0.39, 0.29) is 24.9 Å². The van der Waals surface area contributed by atoms with Gasteiger partial charge in [-0.05, 0) is 6.42 Å². The maximum absolute atomic E-state index is 11.4. The van der Waals surface area contributed by atoms with Crippen LogP contribution in [0, 0.1) is 0 Å². The predicted octanol–water partition coefficient (Wildman–Crippen LogP) is -0.346. The topological polar surface area (TPSA) is 78.8 Å². The number of aliphatic imine (C=N–C) groups is 1. The van der Waals surface area contributed by atoms with Crippen molar-refractivity contribution in [3.05, 3.63) is 0 Å². The standard InChI is InChI=1S/C8H11N3O3/c12-6-9-4-2-7(13)11-5-1-3-10-8(11)14/h1-5H2,(H,10,14). The first-order chi connectivity index (χ1) is 6.75. The summed E-state index contributed by atoms with van der Waals surface area (Å²) in [5, 5.41) is 2.56. The molecule has 1 fully saturated rings. The SMILES string of the molecule is O=C=NCCC(=O)N1CCCNC1=O. The number of nitrogens with zero attached hydrogens (tertiary/aromatic N) is 2. The van der Waals surface area contributed by atoms with E-state index in [0.717, 1.165) is 11.3 Å². The van der Waals surface area contributed by atoms with Gasteiger partial charge >= 0.3 is 6.03 Å². The lowest BCUT2D eigenvalue weighted by Crippen LogP contribution is -2.49. The summed E-state index contributed by atoms with van der Waals surface area (Å²) in [6.45, 7) is 1.14. The summed E-state index contributed by atoms with van der Waals surface area (Å²) in [4.78, 5) is 36.6. The Morgan fingerprint density at radius 3 is 3.07 bits per heavy atom. The summed E-state index contributed by atoms with van der Waals surface area (Å²) >= 11 is 0. The van der Waals surface area contributed by atoms with Gasteiger partial charge in [-0.15, -0.1) is 0 Å². The van der Waals surface area contributed by atoms with E-state index < -0.39 is 0 Å². The van der Waals surface area contributed by atoms with Gasteiger partial charge in [0, 0.05) is 19.5 Å². The largest absolute Gasteiger partial charge is 0.338 e. The molecule has 0 atom stereocenters. The number of carbonyl (C=O) groups excluding carboxylic acids is 3. The van der Waals surface area contributed by atoms with Crippen LogP contribution < -0.4 is 5.32 Å². The van der Waals surface area contributed by atoms with Crippen LogP contribution in [-0.2, 0) is 9.59 Å². The fourth-order valence-corrected chi connectivity index (χ4v) is 1.20. The molecule has 1 aliphatic heterocycles. The third kappa shape index (κ3) is 2.67. The van der Waals surface area contributed by atoms with Crippen molar-refractivity contribution < 1.29 is 14.4 Å². The van der Waals surface area contributed by atoms with Gasteiger partial charge in [0.25, 0.3) is 0 Å². The van der Waals surface area contributed by atoms with Gasteiger partial charge in [0.2, 0.25) is 12.0 Å². The molecule has 0 spiro atoms. The molecule has 1 rings (SSSR count). The average Bonchev–Trinajstić information content (AvgIpc) is 2.18. The number of nitrogens with one attached hydrogen (secondary N) is 1. The van der Waals surface area contributed by atoms with E-state index in [1.807, 2.05) is 0 Å². The number of hydrogen-bond acceptors (Lipinski definition) is 4. The lowest BCUT2D eigenvalue weighted by molar-refractivity contribution is -0.128. The van der Waals surface area contributed by atoms with Crippen LogP contribution in [0.4, 0.5) is 4.79 Å². The first kappa shape index (κ1) is 10.4. The number of amides is 3. The van der Waals surface area contributed by atoms with Crippen molar-refractivity contribution in [1.29, 1.82) is 0 Å². The Hall–Kier alpha value is -1.68. The molecule has 3 amide bonds. The lowest BCUT2D eigenvalue weighted by atomic mass is 10.3. The molecule has 1 heterocycles. The van der Waals surface area contributed by atoms with Crippen LogP contribution in [0.5, 0.6) is 0 Å². The number of imide groups is 1. The van der Waals surface area contributed by atoms with Crippen LogP contribution in [0.25, 0.3) is 0 Å². The van der Waals surface area contributed by atoms with Crippen molar-refractivity contribution in [3.63, 3.8) is 0 Å². The monoisotopic (exact) mass is 197 g/mol. The van der Waals surface area contributed by atoms with Crippen molar-refractivity contribution in [1.82, 2.24) is 10.2 Å². The van der Waals surface area contributed by atoms with Crippen LogP contribution in [-0.4, -0.2) is 42.6 Å². The molecule has 76 valence electrons. The molecule has 0 radical (unpaired) electrons. The molecule has 0 aromatic rings. The molecule has 1 saturated heterocycles. The van der Waals surface area contributed by atoms with Crippen molar-refractivity contribution in [2.75, 3.05) is 19.6 Å². The molecule has 0 aliphatic carbocycles. The van der Waals surface area contributed by atoms with Gasteiger partial charge in [-0.2, -0.15) is 0 Å². The number of isocyanates is 1. The second kappa shape index (κ2) is 5.14. The summed E-state index contributed by atoms with van der Waals surface area (Å²) in [7, 11) is 0. The summed E-state index contributed by atoms with van der Waals surface area (Å²) in [6, 6.07) is -0.365. The normalized spacial score (nSPS) is 15.7. The minimum atomic E-state index is -0.365. The molecule has 14 heavy (non-hydrogen) atoms. The third-order valence-electron chi connectivity index (χ3n) is 1.88. The van der Waals surface area contributed by atoms with E-state index in [9.17, 15) is 14.4 Å². The number of urea groups is 1. The molecule has 0 aromatic carbocycles. The van der Waals surface area contributed by atoms with Crippen LogP contribution >= 0.6 is 0 Å².